The van der Waals surface area contributed by atoms with E-state index in [4.69, 9.17) is 4.74 Å². The van der Waals surface area contributed by atoms with Gasteiger partial charge in [0.2, 0.25) is 0 Å². The highest BCUT2D eigenvalue weighted by atomic mass is 16.5. The summed E-state index contributed by atoms with van der Waals surface area (Å²) in [6.45, 7) is 3.99. The van der Waals surface area contributed by atoms with Gasteiger partial charge >= 0.3 is 5.97 Å². The molecule has 28 heavy (non-hydrogen) atoms. The first-order valence-corrected chi connectivity index (χ1v) is 8.99. The quantitative estimate of drug-likeness (QED) is 0.508. The predicted molar refractivity (Wildman–Crippen MR) is 110 cm³/mol. The van der Waals surface area contributed by atoms with Gasteiger partial charge in [0.15, 0.2) is 0 Å². The van der Waals surface area contributed by atoms with Crippen molar-refractivity contribution in [2.45, 2.75) is 0 Å². The van der Waals surface area contributed by atoms with Crippen LogP contribution in [0.15, 0.2) is 78.9 Å². The van der Waals surface area contributed by atoms with Crippen LogP contribution in [0.1, 0.15) is 21.5 Å². The number of carboxylic acid groups (broad SMARTS) is 1. The lowest BCUT2D eigenvalue weighted by molar-refractivity contribution is 0.0696. The molecule has 134 valence electrons. The molecule has 0 fully saturated rings. The number of carboxylic acids is 1. The lowest BCUT2D eigenvalue weighted by Gasteiger charge is -2.23. The van der Waals surface area contributed by atoms with E-state index in [-0.39, 0.29) is 5.56 Å². The highest BCUT2D eigenvalue weighted by molar-refractivity contribution is 6.05. The first-order valence-electron chi connectivity index (χ1n) is 8.99. The summed E-state index contributed by atoms with van der Waals surface area (Å²) < 4.78 is 6.21. The van der Waals surface area contributed by atoms with Gasteiger partial charge in [0, 0.05) is 16.4 Å². The van der Waals surface area contributed by atoms with Gasteiger partial charge in [0.1, 0.15) is 11.5 Å². The smallest absolute Gasteiger partial charge is 0.336 e. The number of hydrogen-bond donors (Lipinski definition) is 1. The molecule has 3 nitrogen and oxygen atoms in total. The Bertz CT molecular complexity index is 1380. The minimum Gasteiger partial charge on any atom is -0.478 e. The fraction of sp³-hybridized carbons (Fsp3) is 0. The molecule has 1 N–H and O–H groups in total. The summed E-state index contributed by atoms with van der Waals surface area (Å²) in [6.07, 6.45) is 0. The molecule has 0 saturated carbocycles. The topological polar surface area (TPSA) is 46.5 Å². The van der Waals surface area contributed by atoms with Gasteiger partial charge in [-0.3, -0.25) is 0 Å². The van der Waals surface area contributed by atoms with E-state index >= 15 is 0 Å². The number of benzene rings is 4. The van der Waals surface area contributed by atoms with Crippen LogP contribution >= 0.6 is 0 Å². The maximum absolute atomic E-state index is 12.0. The molecule has 0 radical (unpaired) electrons. The van der Waals surface area contributed by atoms with Gasteiger partial charge in [0.05, 0.1) is 5.56 Å². The summed E-state index contributed by atoms with van der Waals surface area (Å²) in [4.78, 5) is 12.0. The fourth-order valence-electron chi connectivity index (χ4n) is 3.87. The average Bonchev–Trinajstić information content (AvgIpc) is 2.71. The van der Waals surface area contributed by atoms with E-state index in [9.17, 15) is 9.90 Å². The molecule has 3 heteroatoms. The average molecular weight is 364 g/mol. The van der Waals surface area contributed by atoms with Gasteiger partial charge in [-0.1, -0.05) is 67.2 Å². The first-order chi connectivity index (χ1) is 13.6. The zero-order valence-electron chi connectivity index (χ0n) is 15.0. The molecule has 0 amide bonds. The molecule has 0 spiro atoms. The molecule has 1 heterocycles. The van der Waals surface area contributed by atoms with E-state index in [2.05, 4.69) is 6.58 Å². The van der Waals surface area contributed by atoms with Crippen molar-refractivity contribution >= 4 is 28.9 Å². The van der Waals surface area contributed by atoms with E-state index in [0.29, 0.717) is 17.1 Å². The fourth-order valence-corrected chi connectivity index (χ4v) is 3.87. The van der Waals surface area contributed by atoms with Crippen molar-refractivity contribution in [1.29, 1.82) is 0 Å². The summed E-state index contributed by atoms with van der Waals surface area (Å²) in [5, 5.41) is 13.6. The van der Waals surface area contributed by atoms with E-state index in [1.165, 1.54) is 0 Å². The Hall–Kier alpha value is -3.85. The van der Waals surface area contributed by atoms with Crippen molar-refractivity contribution in [3.63, 3.8) is 0 Å². The van der Waals surface area contributed by atoms with Crippen LogP contribution in [0.4, 0.5) is 0 Å². The Morgan fingerprint density at radius 1 is 0.857 bits per heavy atom. The second kappa shape index (κ2) is 6.10. The van der Waals surface area contributed by atoms with Gasteiger partial charge < -0.3 is 9.84 Å². The lowest BCUT2D eigenvalue weighted by Crippen LogP contribution is -2.20. The molecule has 0 saturated heterocycles. The Kier molecular flexibility index (Phi) is 3.56. The van der Waals surface area contributed by atoms with Crippen molar-refractivity contribution < 1.29 is 14.6 Å². The third kappa shape index (κ3) is 2.41. The molecule has 0 aliphatic carbocycles. The molecule has 1 aliphatic heterocycles. The highest BCUT2D eigenvalue weighted by Crippen LogP contribution is 2.41. The molecule has 4 aromatic rings. The van der Waals surface area contributed by atoms with Crippen LogP contribution in [0.25, 0.3) is 22.9 Å². The summed E-state index contributed by atoms with van der Waals surface area (Å²) in [5.74, 6) is 0.448. The maximum atomic E-state index is 12.0. The van der Waals surface area contributed by atoms with Crippen molar-refractivity contribution in [1.82, 2.24) is 0 Å². The Labute approximate surface area is 161 Å². The van der Waals surface area contributed by atoms with Crippen LogP contribution in [-0.4, -0.2) is 11.1 Å². The van der Waals surface area contributed by atoms with Crippen molar-refractivity contribution in [2.75, 3.05) is 0 Å². The van der Waals surface area contributed by atoms with Crippen LogP contribution in [0.5, 0.6) is 11.5 Å². The van der Waals surface area contributed by atoms with Crippen LogP contribution in [0, 0.1) is 0 Å². The molecule has 1 aliphatic rings. The van der Waals surface area contributed by atoms with Crippen molar-refractivity contribution in [2.24, 2.45) is 0 Å². The van der Waals surface area contributed by atoms with E-state index in [0.717, 1.165) is 32.3 Å². The second-order valence-corrected chi connectivity index (χ2v) is 6.82. The molecular weight excluding hydrogens is 348 g/mol. The van der Waals surface area contributed by atoms with Crippen molar-refractivity contribution in [3.8, 4) is 11.5 Å². The normalized spacial score (nSPS) is 12.2. The molecule has 0 aromatic heterocycles. The molecule has 5 rings (SSSR count). The van der Waals surface area contributed by atoms with Crippen LogP contribution in [-0.2, 0) is 0 Å². The van der Waals surface area contributed by atoms with Gasteiger partial charge in [-0.2, -0.15) is 0 Å². The largest absolute Gasteiger partial charge is 0.478 e. The van der Waals surface area contributed by atoms with Gasteiger partial charge in [-0.05, 0) is 39.8 Å². The summed E-state index contributed by atoms with van der Waals surface area (Å²) in [5.41, 5.74) is 2.72. The maximum Gasteiger partial charge on any atom is 0.336 e. The summed E-state index contributed by atoms with van der Waals surface area (Å²) in [7, 11) is 0. The minimum atomic E-state index is -0.952. The number of aromatic carboxylic acids is 1. The van der Waals surface area contributed by atoms with Crippen LogP contribution in [0.2, 0.25) is 0 Å². The standard InChI is InChI=1S/C25H16O3/c1-15-10-12-20-22(14-15)28-21-13-11-16-6-2-3-7-17(16)24(21)23(20)18-8-4-5-9-19(18)25(26)27/h2-14H,1H2,(H,26,27). The Morgan fingerprint density at radius 2 is 1.64 bits per heavy atom. The Morgan fingerprint density at radius 3 is 2.50 bits per heavy atom. The van der Waals surface area contributed by atoms with Crippen LogP contribution in [0.3, 0.4) is 0 Å². The second-order valence-electron chi connectivity index (χ2n) is 6.82. The number of rotatable bonds is 2. The summed E-state index contributed by atoms with van der Waals surface area (Å²) in [6, 6.07) is 24.9. The van der Waals surface area contributed by atoms with E-state index < -0.39 is 5.97 Å². The summed E-state index contributed by atoms with van der Waals surface area (Å²) >= 11 is 0. The number of hydrogen-bond acceptors (Lipinski definition) is 2. The minimum absolute atomic E-state index is 0.267. The highest BCUT2D eigenvalue weighted by Gasteiger charge is 2.25. The first kappa shape index (κ1) is 16.3. The van der Waals surface area contributed by atoms with Crippen LogP contribution < -0.4 is 15.2 Å². The number of ether oxygens (including phenoxy) is 1. The molecular formula is C25H16O3. The molecule has 0 bridgehead atoms. The predicted octanol–water partition coefficient (Wildman–Crippen LogP) is 4.30. The third-order valence-corrected chi connectivity index (χ3v) is 5.10. The molecule has 0 unspecified atom stereocenters. The van der Waals surface area contributed by atoms with Gasteiger partial charge in [-0.15, -0.1) is 0 Å². The number of fused-ring (bicyclic) bond motifs is 4. The monoisotopic (exact) mass is 364 g/mol. The molecule has 0 atom stereocenters. The lowest BCUT2D eigenvalue weighted by atomic mass is 9.87. The van der Waals surface area contributed by atoms with Gasteiger partial charge in [-0.25, -0.2) is 4.79 Å². The van der Waals surface area contributed by atoms with E-state index in [1.54, 1.807) is 12.1 Å². The van der Waals surface area contributed by atoms with E-state index in [1.807, 2.05) is 66.7 Å². The van der Waals surface area contributed by atoms with Crippen molar-refractivity contribution in [3.05, 3.63) is 106 Å². The Balaban J connectivity index is 2.01. The molecule has 4 aromatic carbocycles. The zero-order chi connectivity index (χ0) is 19.3. The SMILES string of the molecule is C=c1ccc2c(c1)Oc1ccc3ccccc3c1C=2c1ccccc1C(=O)O. The zero-order valence-corrected chi connectivity index (χ0v) is 15.0. The number of carbonyl (C=O) groups is 1. The van der Waals surface area contributed by atoms with Gasteiger partial charge in [0.25, 0.3) is 0 Å². The third-order valence-electron chi connectivity index (χ3n) is 5.10.